The molecule has 5 rings (SSSR count). The number of anilines is 2. The van der Waals surface area contributed by atoms with Gasteiger partial charge in [-0.25, -0.2) is 4.79 Å². The molecule has 0 bridgehead atoms. The minimum Gasteiger partial charge on any atom is -0.444 e. The van der Waals surface area contributed by atoms with Crippen LogP contribution in [0, 0.1) is 6.92 Å². The van der Waals surface area contributed by atoms with E-state index >= 15 is 0 Å². The third-order valence-corrected chi connectivity index (χ3v) is 6.89. The molecule has 1 amide bonds. The first-order valence-electron chi connectivity index (χ1n) is 12.3. The molecule has 4 aromatic rings. The van der Waals surface area contributed by atoms with Crippen molar-refractivity contribution in [1.82, 2.24) is 4.98 Å². The number of hydrogen-bond donors (Lipinski definition) is 3. The van der Waals surface area contributed by atoms with E-state index in [0.717, 1.165) is 65.1 Å². The highest BCUT2D eigenvalue weighted by molar-refractivity contribution is 5.88. The molecule has 1 aromatic heterocycles. The van der Waals surface area contributed by atoms with E-state index in [1.807, 2.05) is 49.4 Å². The molecule has 186 valence electrons. The highest BCUT2D eigenvalue weighted by Gasteiger charge is 2.21. The minimum atomic E-state index is -0.480. The molecule has 1 atom stereocenters. The minimum absolute atomic E-state index is 0.0184. The zero-order chi connectivity index (χ0) is 24.9. The molecule has 7 heteroatoms. The number of aromatic nitrogens is 1. The van der Waals surface area contributed by atoms with Crippen molar-refractivity contribution in [2.75, 3.05) is 43.1 Å². The van der Waals surface area contributed by atoms with E-state index in [1.165, 1.54) is 5.69 Å². The van der Waals surface area contributed by atoms with Gasteiger partial charge >= 0.3 is 6.09 Å². The van der Waals surface area contributed by atoms with Gasteiger partial charge in [-0.15, -0.1) is 0 Å². The highest BCUT2D eigenvalue weighted by atomic mass is 16.5. The Balaban J connectivity index is 1.35. The van der Waals surface area contributed by atoms with E-state index in [2.05, 4.69) is 45.7 Å². The molecule has 0 radical (unpaired) electrons. The second-order valence-electron chi connectivity index (χ2n) is 9.07. The van der Waals surface area contributed by atoms with Crippen molar-refractivity contribution >= 4 is 28.4 Å². The number of carbonyl (C=O) groups is 1. The molecular formula is C29H32N4O3. The Morgan fingerprint density at radius 2 is 1.89 bits per heavy atom. The van der Waals surface area contributed by atoms with E-state index in [1.54, 1.807) is 0 Å². The summed E-state index contributed by atoms with van der Waals surface area (Å²) < 4.78 is 10.9. The fourth-order valence-electron chi connectivity index (χ4n) is 4.90. The van der Waals surface area contributed by atoms with Crippen LogP contribution in [0.1, 0.15) is 28.2 Å². The summed E-state index contributed by atoms with van der Waals surface area (Å²) in [5.41, 5.74) is 13.5. The van der Waals surface area contributed by atoms with Crippen molar-refractivity contribution in [2.45, 2.75) is 19.4 Å². The zero-order valence-corrected chi connectivity index (χ0v) is 20.5. The van der Waals surface area contributed by atoms with Crippen LogP contribution in [0.2, 0.25) is 0 Å². The molecule has 3 aromatic carbocycles. The van der Waals surface area contributed by atoms with Gasteiger partial charge in [0.2, 0.25) is 0 Å². The molecule has 1 aliphatic heterocycles. The summed E-state index contributed by atoms with van der Waals surface area (Å²) in [5, 5.41) is 4.06. The third kappa shape index (κ3) is 5.08. The van der Waals surface area contributed by atoms with Crippen molar-refractivity contribution in [2.24, 2.45) is 5.73 Å². The summed E-state index contributed by atoms with van der Waals surface area (Å²) in [4.78, 5) is 18.3. The molecule has 1 fully saturated rings. The van der Waals surface area contributed by atoms with Gasteiger partial charge in [-0.05, 0) is 47.4 Å². The molecule has 0 spiro atoms. The first-order valence-corrected chi connectivity index (χ1v) is 12.3. The van der Waals surface area contributed by atoms with Crippen LogP contribution in [0.25, 0.3) is 10.9 Å². The van der Waals surface area contributed by atoms with E-state index < -0.39 is 6.09 Å². The maximum atomic E-state index is 12.5. The predicted molar refractivity (Wildman–Crippen MR) is 144 cm³/mol. The van der Waals surface area contributed by atoms with Gasteiger partial charge in [-0.3, -0.25) is 5.32 Å². The molecule has 7 nitrogen and oxygen atoms in total. The summed E-state index contributed by atoms with van der Waals surface area (Å²) in [6, 6.07) is 22.1. The Bertz CT molecular complexity index is 1330. The fourth-order valence-corrected chi connectivity index (χ4v) is 4.90. The number of amides is 1. The van der Waals surface area contributed by atoms with Crippen LogP contribution in [0.3, 0.4) is 0 Å². The number of nitrogens with one attached hydrogen (secondary N) is 2. The van der Waals surface area contributed by atoms with Crippen molar-refractivity contribution in [3.8, 4) is 0 Å². The fraction of sp³-hybridized carbons (Fsp3) is 0.276. The number of ether oxygens (including phenoxy) is 2. The Kier molecular flexibility index (Phi) is 7.21. The molecule has 36 heavy (non-hydrogen) atoms. The van der Waals surface area contributed by atoms with Gasteiger partial charge in [-0.1, -0.05) is 48.5 Å². The SMILES string of the molecule is Cc1c(NC(=O)OCc2ccccc2)cccc1C(CN)c1c[nH]c2cc(N3CCOCC3)ccc12. The number of rotatable bonds is 7. The average Bonchev–Trinajstić information content (AvgIpc) is 3.34. The van der Waals surface area contributed by atoms with Crippen LogP contribution >= 0.6 is 0 Å². The lowest BCUT2D eigenvalue weighted by Crippen LogP contribution is -2.36. The molecule has 4 N–H and O–H groups in total. The van der Waals surface area contributed by atoms with Crippen molar-refractivity contribution in [3.05, 3.63) is 95.2 Å². The van der Waals surface area contributed by atoms with Crippen molar-refractivity contribution in [3.63, 3.8) is 0 Å². The van der Waals surface area contributed by atoms with Gasteiger partial charge in [0.25, 0.3) is 0 Å². The molecule has 1 saturated heterocycles. The Hall–Kier alpha value is -3.81. The molecule has 0 saturated carbocycles. The number of benzene rings is 3. The summed E-state index contributed by atoms with van der Waals surface area (Å²) in [6.45, 7) is 5.99. The third-order valence-electron chi connectivity index (χ3n) is 6.89. The van der Waals surface area contributed by atoms with Crippen LogP contribution < -0.4 is 16.0 Å². The Labute approximate surface area is 211 Å². The first kappa shape index (κ1) is 23.9. The van der Waals surface area contributed by atoms with E-state index in [-0.39, 0.29) is 12.5 Å². The number of nitrogens with two attached hydrogens (primary N) is 1. The van der Waals surface area contributed by atoms with Crippen molar-refractivity contribution in [1.29, 1.82) is 0 Å². The lowest BCUT2D eigenvalue weighted by atomic mass is 9.87. The summed E-state index contributed by atoms with van der Waals surface area (Å²) in [5.74, 6) is -0.0184. The highest BCUT2D eigenvalue weighted by Crippen LogP contribution is 2.35. The van der Waals surface area contributed by atoms with Crippen LogP contribution in [0.15, 0.2) is 72.9 Å². The lowest BCUT2D eigenvalue weighted by molar-refractivity contribution is 0.122. The lowest BCUT2D eigenvalue weighted by Gasteiger charge is -2.29. The number of H-pyrrole nitrogens is 1. The summed E-state index contributed by atoms with van der Waals surface area (Å²) in [6.07, 6.45) is 1.57. The van der Waals surface area contributed by atoms with Crippen LogP contribution in [-0.4, -0.2) is 43.9 Å². The average molecular weight is 485 g/mol. The Morgan fingerprint density at radius 1 is 1.08 bits per heavy atom. The van der Waals surface area contributed by atoms with Gasteiger partial charge < -0.3 is 25.1 Å². The number of hydrogen-bond acceptors (Lipinski definition) is 5. The number of morpholine rings is 1. The van der Waals surface area contributed by atoms with Gasteiger partial charge in [0.05, 0.1) is 13.2 Å². The normalized spacial score (nSPS) is 14.6. The van der Waals surface area contributed by atoms with E-state index in [4.69, 9.17) is 15.2 Å². The number of carbonyl (C=O) groups excluding carboxylic acids is 1. The van der Waals surface area contributed by atoms with Crippen LogP contribution in [-0.2, 0) is 16.1 Å². The topological polar surface area (TPSA) is 92.6 Å². The molecule has 1 unspecified atom stereocenters. The standard InChI is InChI=1S/C29H32N4O3/c1-20-23(8-5-9-27(20)32-29(34)36-19-21-6-3-2-4-7-21)25(17-30)26-18-31-28-16-22(10-11-24(26)28)33-12-14-35-15-13-33/h2-11,16,18,25,31H,12-15,17,19,30H2,1H3,(H,32,34). The van der Waals surface area contributed by atoms with Gasteiger partial charge in [0.1, 0.15) is 6.61 Å². The number of nitrogens with zero attached hydrogens (tertiary/aromatic N) is 1. The second-order valence-corrected chi connectivity index (χ2v) is 9.07. The summed E-state index contributed by atoms with van der Waals surface area (Å²) in [7, 11) is 0. The molecule has 2 heterocycles. The first-order chi connectivity index (χ1) is 17.6. The van der Waals surface area contributed by atoms with Crippen LogP contribution in [0.5, 0.6) is 0 Å². The molecule has 1 aliphatic rings. The Morgan fingerprint density at radius 3 is 2.67 bits per heavy atom. The number of aromatic amines is 1. The van der Waals surface area contributed by atoms with Gasteiger partial charge in [-0.2, -0.15) is 0 Å². The molecule has 0 aliphatic carbocycles. The second kappa shape index (κ2) is 10.8. The van der Waals surface area contributed by atoms with Crippen LogP contribution in [0.4, 0.5) is 16.2 Å². The molecular weight excluding hydrogens is 452 g/mol. The quantitative estimate of drug-likeness (QED) is 0.337. The predicted octanol–water partition coefficient (Wildman–Crippen LogP) is 5.15. The van der Waals surface area contributed by atoms with Gasteiger partial charge in [0, 0.05) is 54.0 Å². The summed E-state index contributed by atoms with van der Waals surface area (Å²) >= 11 is 0. The zero-order valence-electron chi connectivity index (χ0n) is 20.5. The largest absolute Gasteiger partial charge is 0.444 e. The number of fused-ring (bicyclic) bond motifs is 1. The monoisotopic (exact) mass is 484 g/mol. The van der Waals surface area contributed by atoms with E-state index in [9.17, 15) is 4.79 Å². The maximum absolute atomic E-state index is 12.5. The van der Waals surface area contributed by atoms with Gasteiger partial charge in [0.15, 0.2) is 0 Å². The smallest absolute Gasteiger partial charge is 0.411 e. The van der Waals surface area contributed by atoms with E-state index in [0.29, 0.717) is 6.54 Å². The maximum Gasteiger partial charge on any atom is 0.411 e. The van der Waals surface area contributed by atoms with Crippen molar-refractivity contribution < 1.29 is 14.3 Å².